The van der Waals surface area contributed by atoms with Crippen LogP contribution in [0.1, 0.15) is 32.1 Å². The lowest BCUT2D eigenvalue weighted by Gasteiger charge is -2.37. The summed E-state index contributed by atoms with van der Waals surface area (Å²) in [5.74, 6) is 0. The molecule has 0 aromatic rings. The summed E-state index contributed by atoms with van der Waals surface area (Å²) in [7, 11) is 4.03. The highest BCUT2D eigenvalue weighted by Gasteiger charge is 2.27. The van der Waals surface area contributed by atoms with Gasteiger partial charge in [-0.15, -0.1) is 0 Å². The molecule has 2 N–H and O–H groups in total. The number of nitrogens with zero attached hydrogens (tertiary/aromatic N) is 1. The summed E-state index contributed by atoms with van der Waals surface area (Å²) in [5.41, 5.74) is 5.52. The number of hydrogen-bond donors (Lipinski definition) is 1. The predicted octanol–water partition coefficient (Wildman–Crippen LogP) is 1.22. The molecule has 14 heavy (non-hydrogen) atoms. The molecule has 3 heteroatoms. The van der Waals surface area contributed by atoms with Gasteiger partial charge in [-0.1, -0.05) is 12.8 Å². The molecule has 1 aliphatic carbocycles. The molecule has 1 aliphatic rings. The average molecular weight is 200 g/mol. The highest BCUT2D eigenvalue weighted by Crippen LogP contribution is 2.24. The number of hydrogen-bond acceptors (Lipinski definition) is 3. The third-order valence-electron chi connectivity index (χ3n) is 3.25. The standard InChI is InChI=1S/C11H24N2O/c1-13(9-5-8-12)10-6-3-4-7-11(10)14-2/h10-11H,3-9,12H2,1-2H3. The number of likely N-dealkylation sites (N-methyl/N-ethyl adjacent to an activating group) is 1. The fourth-order valence-electron chi connectivity index (χ4n) is 2.36. The molecule has 0 aliphatic heterocycles. The third-order valence-corrected chi connectivity index (χ3v) is 3.25. The summed E-state index contributed by atoms with van der Waals surface area (Å²) in [6.45, 7) is 1.88. The van der Waals surface area contributed by atoms with Gasteiger partial charge in [0, 0.05) is 13.2 Å². The molecule has 3 nitrogen and oxygen atoms in total. The summed E-state index contributed by atoms with van der Waals surface area (Å²) in [5, 5.41) is 0. The summed E-state index contributed by atoms with van der Waals surface area (Å²) < 4.78 is 5.53. The molecule has 1 saturated carbocycles. The summed E-state index contributed by atoms with van der Waals surface area (Å²) >= 11 is 0. The van der Waals surface area contributed by atoms with Gasteiger partial charge in [0.15, 0.2) is 0 Å². The fraction of sp³-hybridized carbons (Fsp3) is 1.00. The summed E-state index contributed by atoms with van der Waals surface area (Å²) in [4.78, 5) is 2.42. The van der Waals surface area contributed by atoms with E-state index in [1.807, 2.05) is 7.11 Å². The Labute approximate surface area is 87.6 Å². The number of ether oxygens (including phenoxy) is 1. The van der Waals surface area contributed by atoms with E-state index < -0.39 is 0 Å². The van der Waals surface area contributed by atoms with Crippen LogP contribution in [0, 0.1) is 0 Å². The minimum absolute atomic E-state index is 0.437. The topological polar surface area (TPSA) is 38.5 Å². The maximum Gasteiger partial charge on any atom is 0.0726 e. The van der Waals surface area contributed by atoms with Crippen molar-refractivity contribution in [1.82, 2.24) is 4.90 Å². The second kappa shape index (κ2) is 6.38. The van der Waals surface area contributed by atoms with Crippen LogP contribution in [-0.4, -0.2) is 44.3 Å². The number of rotatable bonds is 5. The Balaban J connectivity index is 2.37. The van der Waals surface area contributed by atoms with Crippen molar-refractivity contribution in [2.45, 2.75) is 44.2 Å². The molecule has 1 rings (SSSR count). The molecule has 2 atom stereocenters. The highest BCUT2D eigenvalue weighted by molar-refractivity contribution is 4.82. The molecule has 0 saturated heterocycles. The Hall–Kier alpha value is -0.120. The zero-order valence-corrected chi connectivity index (χ0v) is 9.54. The van der Waals surface area contributed by atoms with E-state index in [4.69, 9.17) is 10.5 Å². The minimum atomic E-state index is 0.437. The van der Waals surface area contributed by atoms with E-state index in [9.17, 15) is 0 Å². The molecule has 0 amide bonds. The lowest BCUT2D eigenvalue weighted by molar-refractivity contribution is -0.00194. The number of nitrogens with two attached hydrogens (primary N) is 1. The lowest BCUT2D eigenvalue weighted by atomic mass is 9.91. The zero-order chi connectivity index (χ0) is 10.4. The van der Waals surface area contributed by atoms with E-state index in [2.05, 4.69) is 11.9 Å². The molecule has 0 aromatic heterocycles. The van der Waals surface area contributed by atoms with E-state index in [0.29, 0.717) is 12.1 Å². The Bertz CT molecular complexity index is 152. The van der Waals surface area contributed by atoms with Crippen molar-refractivity contribution in [2.24, 2.45) is 5.73 Å². The lowest BCUT2D eigenvalue weighted by Crippen LogP contribution is -2.44. The van der Waals surface area contributed by atoms with Crippen LogP contribution in [0.4, 0.5) is 0 Å². The third kappa shape index (κ3) is 3.23. The van der Waals surface area contributed by atoms with Crippen LogP contribution in [0.3, 0.4) is 0 Å². The first kappa shape index (κ1) is 12.0. The van der Waals surface area contributed by atoms with Crippen molar-refractivity contribution in [3.8, 4) is 0 Å². The molecule has 0 bridgehead atoms. The van der Waals surface area contributed by atoms with Crippen molar-refractivity contribution in [3.05, 3.63) is 0 Å². The molecule has 1 fully saturated rings. The number of methoxy groups -OCH3 is 1. The van der Waals surface area contributed by atoms with Crippen molar-refractivity contribution in [3.63, 3.8) is 0 Å². The van der Waals surface area contributed by atoms with Crippen LogP contribution >= 0.6 is 0 Å². The molecule has 0 spiro atoms. The van der Waals surface area contributed by atoms with Gasteiger partial charge < -0.3 is 15.4 Å². The SMILES string of the molecule is COC1CCCCC1N(C)CCCN. The van der Waals surface area contributed by atoms with Crippen LogP contribution in [0.15, 0.2) is 0 Å². The van der Waals surface area contributed by atoms with Gasteiger partial charge >= 0.3 is 0 Å². The highest BCUT2D eigenvalue weighted by atomic mass is 16.5. The monoisotopic (exact) mass is 200 g/mol. The van der Waals surface area contributed by atoms with Crippen LogP contribution in [0.2, 0.25) is 0 Å². The Morgan fingerprint density at radius 1 is 1.36 bits per heavy atom. The molecule has 84 valence electrons. The van der Waals surface area contributed by atoms with Crippen molar-refractivity contribution in [1.29, 1.82) is 0 Å². The Morgan fingerprint density at radius 3 is 2.71 bits per heavy atom. The predicted molar refractivity (Wildman–Crippen MR) is 59.4 cm³/mol. The minimum Gasteiger partial charge on any atom is -0.380 e. The summed E-state index contributed by atoms with van der Waals surface area (Å²) in [6.07, 6.45) is 6.68. The van der Waals surface area contributed by atoms with Crippen LogP contribution in [-0.2, 0) is 4.74 Å². The van der Waals surface area contributed by atoms with E-state index in [-0.39, 0.29) is 0 Å². The maximum atomic E-state index is 5.53. The first-order valence-corrected chi connectivity index (χ1v) is 5.72. The van der Waals surface area contributed by atoms with E-state index in [1.54, 1.807) is 0 Å². The van der Waals surface area contributed by atoms with Gasteiger partial charge in [0.05, 0.1) is 6.10 Å². The second-order valence-electron chi connectivity index (χ2n) is 4.25. The quantitative estimate of drug-likeness (QED) is 0.725. The summed E-state index contributed by atoms with van der Waals surface area (Å²) in [6, 6.07) is 0.611. The van der Waals surface area contributed by atoms with Gasteiger partial charge in [-0.25, -0.2) is 0 Å². The second-order valence-corrected chi connectivity index (χ2v) is 4.25. The first-order chi connectivity index (χ1) is 6.79. The van der Waals surface area contributed by atoms with Gasteiger partial charge in [-0.3, -0.25) is 0 Å². The van der Waals surface area contributed by atoms with Crippen LogP contribution in [0.25, 0.3) is 0 Å². The van der Waals surface area contributed by atoms with Crippen LogP contribution in [0.5, 0.6) is 0 Å². The fourth-order valence-corrected chi connectivity index (χ4v) is 2.36. The molecular weight excluding hydrogens is 176 g/mol. The van der Waals surface area contributed by atoms with E-state index in [1.165, 1.54) is 25.7 Å². The normalized spacial score (nSPS) is 28.3. The smallest absolute Gasteiger partial charge is 0.0726 e. The Kier molecular flexibility index (Phi) is 5.45. The van der Waals surface area contributed by atoms with Gasteiger partial charge in [0.25, 0.3) is 0 Å². The maximum absolute atomic E-state index is 5.53. The van der Waals surface area contributed by atoms with Gasteiger partial charge in [-0.05, 0) is 39.4 Å². The van der Waals surface area contributed by atoms with Crippen LogP contribution < -0.4 is 5.73 Å². The molecule has 2 unspecified atom stereocenters. The molecule has 0 heterocycles. The van der Waals surface area contributed by atoms with E-state index >= 15 is 0 Å². The van der Waals surface area contributed by atoms with Gasteiger partial charge in [-0.2, -0.15) is 0 Å². The molecule has 0 aromatic carbocycles. The van der Waals surface area contributed by atoms with Gasteiger partial charge in [0.2, 0.25) is 0 Å². The largest absolute Gasteiger partial charge is 0.380 e. The van der Waals surface area contributed by atoms with Crippen molar-refractivity contribution < 1.29 is 4.74 Å². The molecule has 0 radical (unpaired) electrons. The van der Waals surface area contributed by atoms with Crippen molar-refractivity contribution in [2.75, 3.05) is 27.2 Å². The van der Waals surface area contributed by atoms with E-state index in [0.717, 1.165) is 19.5 Å². The Morgan fingerprint density at radius 2 is 2.07 bits per heavy atom. The molecular formula is C11H24N2O. The average Bonchev–Trinajstić information content (AvgIpc) is 2.25. The zero-order valence-electron chi connectivity index (χ0n) is 9.54. The van der Waals surface area contributed by atoms with Gasteiger partial charge in [0.1, 0.15) is 0 Å². The van der Waals surface area contributed by atoms with Crippen molar-refractivity contribution >= 4 is 0 Å². The first-order valence-electron chi connectivity index (χ1n) is 5.72.